The zero-order chi connectivity index (χ0) is 27.1. The Balaban J connectivity index is 1.37. The summed E-state index contributed by atoms with van der Waals surface area (Å²) in [6.07, 6.45) is 0. The van der Waals surface area contributed by atoms with Gasteiger partial charge < -0.3 is 0 Å². The van der Waals surface area contributed by atoms with Gasteiger partial charge in [0.15, 0.2) is 46.7 Å². The quantitative estimate of drug-likeness (QED) is 0.279. The summed E-state index contributed by atoms with van der Waals surface area (Å²) in [5.41, 5.74) is 6.68. The van der Waals surface area contributed by atoms with E-state index in [1.807, 2.05) is 91.0 Å². The SMILES string of the molecule is Clc1cccc2c1C1=NC2=NC2=NC(=NC3=NC(=NC4=NC(=N1)c1ccccc14)c1ccccc13)c1ccccc12. The summed E-state index contributed by atoms with van der Waals surface area (Å²) < 4.78 is 0. The molecule has 9 rings (SSSR count). The van der Waals surface area contributed by atoms with Crippen molar-refractivity contribution in [2.24, 2.45) is 39.9 Å². The van der Waals surface area contributed by atoms with Crippen LogP contribution in [0.25, 0.3) is 0 Å². The van der Waals surface area contributed by atoms with Gasteiger partial charge in [0, 0.05) is 44.5 Å². The van der Waals surface area contributed by atoms with Crippen molar-refractivity contribution < 1.29 is 0 Å². The zero-order valence-corrected chi connectivity index (χ0v) is 21.9. The van der Waals surface area contributed by atoms with Gasteiger partial charge in [-0.05, 0) is 6.07 Å². The number of hydrogen-bond acceptors (Lipinski definition) is 8. The van der Waals surface area contributed by atoms with Gasteiger partial charge in [0.05, 0.1) is 5.02 Å². The van der Waals surface area contributed by atoms with Crippen LogP contribution in [0.4, 0.5) is 0 Å². The fourth-order valence-electron chi connectivity index (χ4n) is 5.51. The second-order valence-corrected chi connectivity index (χ2v) is 10.2. The van der Waals surface area contributed by atoms with Crippen LogP contribution in [0, 0.1) is 0 Å². The van der Waals surface area contributed by atoms with Gasteiger partial charge >= 0.3 is 0 Å². The smallest absolute Gasteiger partial charge is 0.166 e. The van der Waals surface area contributed by atoms with Crippen LogP contribution in [0.1, 0.15) is 44.5 Å². The molecule has 0 saturated carbocycles. The molecular formula is C32H15ClN8. The van der Waals surface area contributed by atoms with E-state index in [1.165, 1.54) is 0 Å². The van der Waals surface area contributed by atoms with Crippen LogP contribution in [0.15, 0.2) is 131 Å². The number of nitrogens with zero attached hydrogens (tertiary/aromatic N) is 8. The molecule has 0 saturated heterocycles. The number of halogens is 1. The standard InChI is InChI=1S/C32H15ClN8/c33-23-15-7-14-22-24(23)32-40-30-21-13-6-5-12-20(21)28(38-30)36-26-17-9-2-1-8-16(17)25(34-26)35-27-18-10-3-4-11-19(18)29(37-27)39-31(22)41-32/h1-15H. The third-order valence-corrected chi connectivity index (χ3v) is 7.71. The average Bonchev–Trinajstić information content (AvgIpc) is 3.73. The fraction of sp³-hybridized carbons (Fsp3) is 0. The number of fused-ring (bicyclic) bond motifs is 16. The van der Waals surface area contributed by atoms with Crippen LogP contribution in [0.2, 0.25) is 5.02 Å². The van der Waals surface area contributed by atoms with Crippen molar-refractivity contribution in [2.75, 3.05) is 0 Å². The van der Waals surface area contributed by atoms with Crippen LogP contribution < -0.4 is 0 Å². The summed E-state index contributed by atoms with van der Waals surface area (Å²) in [7, 11) is 0. The molecule has 9 heteroatoms. The highest BCUT2D eigenvalue weighted by molar-refractivity contribution is 6.40. The van der Waals surface area contributed by atoms with E-state index in [0.717, 1.165) is 38.9 Å². The second kappa shape index (κ2) is 8.27. The number of benzene rings is 4. The fourth-order valence-corrected chi connectivity index (χ4v) is 5.77. The molecule has 41 heavy (non-hydrogen) atoms. The lowest BCUT2D eigenvalue weighted by Gasteiger charge is -2.03. The Morgan fingerprint density at radius 1 is 0.293 bits per heavy atom. The minimum absolute atomic E-state index is 0.436. The van der Waals surface area contributed by atoms with Gasteiger partial charge in [0.25, 0.3) is 0 Å². The molecule has 0 radical (unpaired) electrons. The van der Waals surface area contributed by atoms with Crippen molar-refractivity contribution >= 4 is 58.3 Å². The topological polar surface area (TPSA) is 98.9 Å². The lowest BCUT2D eigenvalue weighted by Crippen LogP contribution is -2.02. The molecule has 5 heterocycles. The molecule has 5 aliphatic heterocycles. The zero-order valence-electron chi connectivity index (χ0n) is 21.1. The molecule has 0 fully saturated rings. The highest BCUT2D eigenvalue weighted by atomic mass is 35.5. The maximum Gasteiger partial charge on any atom is 0.166 e. The summed E-state index contributed by atoms with van der Waals surface area (Å²) in [5, 5.41) is 0.532. The molecule has 8 nitrogen and oxygen atoms in total. The van der Waals surface area contributed by atoms with E-state index in [4.69, 9.17) is 51.5 Å². The Bertz CT molecular complexity index is 2150. The summed E-state index contributed by atoms with van der Waals surface area (Å²) in [6, 6.07) is 29.3. The van der Waals surface area contributed by atoms with Crippen LogP contribution >= 0.6 is 11.6 Å². The molecule has 0 aromatic heterocycles. The third-order valence-electron chi connectivity index (χ3n) is 7.40. The highest BCUT2D eigenvalue weighted by Gasteiger charge is 2.31. The Kier molecular flexibility index (Phi) is 4.51. The molecule has 8 bridgehead atoms. The first-order valence-electron chi connectivity index (χ1n) is 13.0. The molecule has 0 atom stereocenters. The van der Waals surface area contributed by atoms with Gasteiger partial charge in [0.2, 0.25) is 0 Å². The Morgan fingerprint density at radius 2 is 0.561 bits per heavy atom. The van der Waals surface area contributed by atoms with Gasteiger partial charge in [-0.2, -0.15) is 0 Å². The molecule has 190 valence electrons. The Morgan fingerprint density at radius 3 is 0.927 bits per heavy atom. The predicted molar refractivity (Wildman–Crippen MR) is 163 cm³/mol. The summed E-state index contributed by atoms with van der Waals surface area (Å²) in [5.74, 6) is 4.03. The van der Waals surface area contributed by atoms with E-state index in [0.29, 0.717) is 57.3 Å². The van der Waals surface area contributed by atoms with E-state index in [-0.39, 0.29) is 0 Å². The highest BCUT2D eigenvalue weighted by Crippen LogP contribution is 2.32. The van der Waals surface area contributed by atoms with E-state index in [1.54, 1.807) is 0 Å². The Labute approximate surface area is 238 Å². The minimum Gasteiger partial charge on any atom is -0.208 e. The first-order chi connectivity index (χ1) is 20.2. The first kappa shape index (κ1) is 22.4. The van der Waals surface area contributed by atoms with E-state index < -0.39 is 0 Å². The molecule has 0 spiro atoms. The normalized spacial score (nSPS) is 17.1. The molecular weight excluding hydrogens is 532 g/mol. The lowest BCUT2D eigenvalue weighted by molar-refractivity contribution is 1.49. The van der Waals surface area contributed by atoms with Crippen LogP contribution in [0.3, 0.4) is 0 Å². The maximum absolute atomic E-state index is 6.71. The third kappa shape index (κ3) is 3.28. The molecule has 4 aromatic rings. The summed E-state index contributed by atoms with van der Waals surface area (Å²) >= 11 is 6.71. The summed E-state index contributed by atoms with van der Waals surface area (Å²) in [6.45, 7) is 0. The van der Waals surface area contributed by atoms with Crippen molar-refractivity contribution in [3.63, 3.8) is 0 Å². The lowest BCUT2D eigenvalue weighted by atomic mass is 10.1. The van der Waals surface area contributed by atoms with Crippen LogP contribution in [-0.4, -0.2) is 46.7 Å². The van der Waals surface area contributed by atoms with E-state index in [9.17, 15) is 0 Å². The van der Waals surface area contributed by atoms with Crippen molar-refractivity contribution in [1.29, 1.82) is 0 Å². The number of amidine groups is 8. The van der Waals surface area contributed by atoms with E-state index >= 15 is 0 Å². The van der Waals surface area contributed by atoms with Crippen molar-refractivity contribution in [3.8, 4) is 0 Å². The van der Waals surface area contributed by atoms with Gasteiger partial charge in [-0.3, -0.25) is 0 Å². The number of hydrogen-bond donors (Lipinski definition) is 0. The largest absolute Gasteiger partial charge is 0.208 e. The van der Waals surface area contributed by atoms with Gasteiger partial charge in [-0.15, -0.1) is 0 Å². The summed E-state index contributed by atoms with van der Waals surface area (Å²) in [4.78, 5) is 39.2. The van der Waals surface area contributed by atoms with Gasteiger partial charge in [-0.25, -0.2) is 39.9 Å². The van der Waals surface area contributed by atoms with Crippen molar-refractivity contribution in [1.82, 2.24) is 0 Å². The van der Waals surface area contributed by atoms with Gasteiger partial charge in [0.1, 0.15) is 0 Å². The number of aliphatic imine (C=N–C) groups is 8. The minimum atomic E-state index is 0.436. The molecule has 0 aliphatic carbocycles. The second-order valence-electron chi connectivity index (χ2n) is 9.78. The van der Waals surface area contributed by atoms with Crippen LogP contribution in [0.5, 0.6) is 0 Å². The average molecular weight is 547 g/mol. The maximum atomic E-state index is 6.71. The van der Waals surface area contributed by atoms with Crippen molar-refractivity contribution in [3.05, 3.63) is 141 Å². The Hall–Kier alpha value is -5.47. The number of rotatable bonds is 0. The van der Waals surface area contributed by atoms with E-state index in [2.05, 4.69) is 0 Å². The molecule has 0 amide bonds. The molecule has 5 aliphatic rings. The molecule has 0 N–H and O–H groups in total. The molecule has 4 aromatic carbocycles. The van der Waals surface area contributed by atoms with Gasteiger partial charge in [-0.1, -0.05) is 96.5 Å². The van der Waals surface area contributed by atoms with Crippen molar-refractivity contribution in [2.45, 2.75) is 0 Å². The van der Waals surface area contributed by atoms with Crippen LogP contribution in [-0.2, 0) is 0 Å². The first-order valence-corrected chi connectivity index (χ1v) is 13.4. The predicted octanol–water partition coefficient (Wildman–Crippen LogP) is 5.48. The molecule has 0 unspecified atom stereocenters. The monoisotopic (exact) mass is 546 g/mol.